The quantitative estimate of drug-likeness (QED) is 0.713. The second kappa shape index (κ2) is 5.27. The molecule has 0 bridgehead atoms. The Morgan fingerprint density at radius 1 is 1.60 bits per heavy atom. The Labute approximate surface area is 91.4 Å². The van der Waals surface area contributed by atoms with E-state index in [0.29, 0.717) is 18.9 Å². The number of hydrogen-bond donors (Lipinski definition) is 0. The first kappa shape index (κ1) is 12.2. The normalized spacial score (nSPS) is 27.7. The molecule has 0 spiro atoms. The van der Waals surface area contributed by atoms with Gasteiger partial charge in [-0.25, -0.2) is 0 Å². The molecule has 84 valence electrons. The van der Waals surface area contributed by atoms with Crippen LogP contribution in [0.15, 0.2) is 0 Å². The summed E-state index contributed by atoms with van der Waals surface area (Å²) < 4.78 is 5.39. The molecule has 0 saturated carbocycles. The molecular formula is C12H19NO2. The van der Waals surface area contributed by atoms with Crippen LogP contribution < -0.4 is 0 Å². The van der Waals surface area contributed by atoms with Crippen molar-refractivity contribution in [3.05, 3.63) is 0 Å². The van der Waals surface area contributed by atoms with Crippen molar-refractivity contribution in [2.24, 2.45) is 17.8 Å². The van der Waals surface area contributed by atoms with Crippen molar-refractivity contribution < 1.29 is 9.53 Å². The molecule has 0 aliphatic carbocycles. The van der Waals surface area contributed by atoms with Crippen LogP contribution in [-0.4, -0.2) is 18.5 Å². The average Bonchev–Trinajstić information content (AvgIpc) is 2.59. The van der Waals surface area contributed by atoms with Crippen molar-refractivity contribution >= 4 is 5.78 Å². The van der Waals surface area contributed by atoms with Crippen LogP contribution in [0.5, 0.6) is 0 Å². The highest BCUT2D eigenvalue weighted by Crippen LogP contribution is 2.25. The molecule has 3 nitrogen and oxygen atoms in total. The van der Waals surface area contributed by atoms with Crippen LogP contribution in [0.25, 0.3) is 0 Å². The number of nitrogens with zero attached hydrogens (tertiary/aromatic N) is 1. The lowest BCUT2D eigenvalue weighted by molar-refractivity contribution is -0.132. The van der Waals surface area contributed by atoms with Crippen molar-refractivity contribution in [3.63, 3.8) is 0 Å². The molecule has 1 aliphatic rings. The fourth-order valence-corrected chi connectivity index (χ4v) is 1.96. The van der Waals surface area contributed by atoms with Crippen LogP contribution in [0.2, 0.25) is 0 Å². The first-order chi connectivity index (χ1) is 7.06. The molecular weight excluding hydrogens is 190 g/mol. The third-order valence-electron chi connectivity index (χ3n) is 2.87. The van der Waals surface area contributed by atoms with E-state index in [1.54, 1.807) is 0 Å². The number of ether oxygens (including phenoxy) is 1. The number of Topliss-reactive ketones (excluding diaryl/α,β-unsaturated/α-hetero) is 1. The summed E-state index contributed by atoms with van der Waals surface area (Å²) >= 11 is 0. The van der Waals surface area contributed by atoms with E-state index in [-0.39, 0.29) is 17.8 Å². The third-order valence-corrected chi connectivity index (χ3v) is 2.87. The van der Waals surface area contributed by atoms with Gasteiger partial charge >= 0.3 is 0 Å². The van der Waals surface area contributed by atoms with Crippen molar-refractivity contribution in [1.82, 2.24) is 0 Å². The van der Waals surface area contributed by atoms with Crippen LogP contribution in [0.3, 0.4) is 0 Å². The molecule has 15 heavy (non-hydrogen) atoms. The molecule has 0 aromatic carbocycles. The number of carbonyl (C=O) groups excluding carboxylic acids is 1. The predicted octanol–water partition coefficient (Wildman–Crippen LogP) is 2.17. The van der Waals surface area contributed by atoms with Gasteiger partial charge in [0.05, 0.1) is 6.07 Å². The van der Waals surface area contributed by atoms with Gasteiger partial charge in [0.25, 0.3) is 0 Å². The van der Waals surface area contributed by atoms with Crippen molar-refractivity contribution in [2.75, 3.05) is 6.61 Å². The van der Waals surface area contributed by atoms with E-state index in [2.05, 4.69) is 6.07 Å². The highest BCUT2D eigenvalue weighted by atomic mass is 16.5. The van der Waals surface area contributed by atoms with Gasteiger partial charge < -0.3 is 4.74 Å². The summed E-state index contributed by atoms with van der Waals surface area (Å²) in [6, 6.07) is 2.10. The Morgan fingerprint density at radius 2 is 2.27 bits per heavy atom. The van der Waals surface area contributed by atoms with Crippen LogP contribution in [0, 0.1) is 29.1 Å². The summed E-state index contributed by atoms with van der Waals surface area (Å²) in [5, 5.41) is 8.97. The molecule has 3 atom stereocenters. The Morgan fingerprint density at radius 3 is 2.67 bits per heavy atom. The fraction of sp³-hybridized carbons (Fsp3) is 0.833. The average molecular weight is 209 g/mol. The van der Waals surface area contributed by atoms with Gasteiger partial charge in [0.15, 0.2) is 5.78 Å². The lowest BCUT2D eigenvalue weighted by Crippen LogP contribution is -2.31. The fourth-order valence-electron chi connectivity index (χ4n) is 1.96. The second-order valence-corrected chi connectivity index (χ2v) is 4.77. The van der Waals surface area contributed by atoms with Crippen LogP contribution in [-0.2, 0) is 9.53 Å². The third kappa shape index (κ3) is 3.04. The minimum absolute atomic E-state index is 0.0174. The van der Waals surface area contributed by atoms with Gasteiger partial charge in [-0.1, -0.05) is 20.8 Å². The first-order valence-corrected chi connectivity index (χ1v) is 5.61. The first-order valence-electron chi connectivity index (χ1n) is 5.61. The van der Waals surface area contributed by atoms with E-state index >= 15 is 0 Å². The Kier molecular flexibility index (Phi) is 4.28. The smallest absolute Gasteiger partial charge is 0.178 e. The van der Waals surface area contributed by atoms with E-state index in [4.69, 9.17) is 10.00 Å². The Bertz CT molecular complexity index is 267. The summed E-state index contributed by atoms with van der Waals surface area (Å²) in [6.45, 7) is 6.71. The van der Waals surface area contributed by atoms with Gasteiger partial charge in [0, 0.05) is 6.61 Å². The standard InChI is InChI=1S/C12H19NO2/c1-8(2)6-10(7-13)11(14)12-9(3)4-5-15-12/h8-10,12H,4-6H2,1-3H3. The molecule has 1 fully saturated rings. The summed E-state index contributed by atoms with van der Waals surface area (Å²) in [4.78, 5) is 12.0. The van der Waals surface area contributed by atoms with Gasteiger partial charge in [-0.15, -0.1) is 0 Å². The number of ketones is 1. The van der Waals surface area contributed by atoms with Crippen LogP contribution in [0.4, 0.5) is 0 Å². The summed E-state index contributed by atoms with van der Waals surface area (Å²) in [5.74, 6) is 0.127. The monoisotopic (exact) mass is 209 g/mol. The van der Waals surface area contributed by atoms with Crippen molar-refractivity contribution in [3.8, 4) is 6.07 Å². The molecule has 0 amide bonds. The van der Waals surface area contributed by atoms with Gasteiger partial charge in [-0.2, -0.15) is 5.26 Å². The SMILES string of the molecule is CC(C)CC(C#N)C(=O)C1OCCC1C. The second-order valence-electron chi connectivity index (χ2n) is 4.77. The van der Waals surface area contributed by atoms with E-state index in [1.165, 1.54) is 0 Å². The zero-order valence-electron chi connectivity index (χ0n) is 9.69. The topological polar surface area (TPSA) is 50.1 Å². The zero-order valence-corrected chi connectivity index (χ0v) is 9.69. The minimum atomic E-state index is -0.490. The van der Waals surface area contributed by atoms with Gasteiger partial charge in [-0.05, 0) is 24.7 Å². The van der Waals surface area contributed by atoms with E-state index in [9.17, 15) is 4.79 Å². The van der Waals surface area contributed by atoms with Crippen molar-refractivity contribution in [2.45, 2.75) is 39.7 Å². The number of nitriles is 1. The molecule has 3 heteroatoms. The summed E-state index contributed by atoms with van der Waals surface area (Å²) in [5.41, 5.74) is 0. The molecule has 0 N–H and O–H groups in total. The van der Waals surface area contributed by atoms with E-state index in [0.717, 1.165) is 6.42 Å². The van der Waals surface area contributed by atoms with Gasteiger partial charge in [-0.3, -0.25) is 4.79 Å². The van der Waals surface area contributed by atoms with Crippen LogP contribution >= 0.6 is 0 Å². The van der Waals surface area contributed by atoms with E-state index < -0.39 is 5.92 Å². The molecule has 0 radical (unpaired) electrons. The lowest BCUT2D eigenvalue weighted by Gasteiger charge is -2.17. The minimum Gasteiger partial charge on any atom is -0.370 e. The predicted molar refractivity (Wildman–Crippen MR) is 57.1 cm³/mol. The van der Waals surface area contributed by atoms with E-state index in [1.807, 2.05) is 20.8 Å². The van der Waals surface area contributed by atoms with Crippen LogP contribution in [0.1, 0.15) is 33.6 Å². The Hall–Kier alpha value is -0.880. The van der Waals surface area contributed by atoms with Crippen molar-refractivity contribution in [1.29, 1.82) is 5.26 Å². The number of hydrogen-bond acceptors (Lipinski definition) is 3. The maximum atomic E-state index is 12.0. The molecule has 1 rings (SSSR count). The number of rotatable bonds is 4. The Balaban J connectivity index is 2.61. The molecule has 0 aromatic heterocycles. The highest BCUT2D eigenvalue weighted by molar-refractivity contribution is 5.88. The van der Waals surface area contributed by atoms with Gasteiger partial charge in [0.1, 0.15) is 12.0 Å². The molecule has 1 heterocycles. The molecule has 1 saturated heterocycles. The number of carbonyl (C=O) groups is 1. The molecule has 1 aliphatic heterocycles. The molecule has 3 unspecified atom stereocenters. The van der Waals surface area contributed by atoms with Gasteiger partial charge in [0.2, 0.25) is 0 Å². The zero-order chi connectivity index (χ0) is 11.4. The largest absolute Gasteiger partial charge is 0.370 e. The summed E-state index contributed by atoms with van der Waals surface area (Å²) in [6.07, 6.45) is 1.23. The maximum Gasteiger partial charge on any atom is 0.178 e. The highest BCUT2D eigenvalue weighted by Gasteiger charge is 2.35. The summed E-state index contributed by atoms with van der Waals surface area (Å²) in [7, 11) is 0. The molecule has 0 aromatic rings. The lowest BCUT2D eigenvalue weighted by atomic mass is 9.88. The maximum absolute atomic E-state index is 12.0.